The Labute approximate surface area is 117 Å². The number of methoxy groups -OCH3 is 2. The van der Waals surface area contributed by atoms with Crippen molar-refractivity contribution >= 4 is 23.1 Å². The number of rotatable bonds is 7. The summed E-state index contributed by atoms with van der Waals surface area (Å²) >= 11 is 6.05. The van der Waals surface area contributed by atoms with E-state index in [1.807, 2.05) is 0 Å². The van der Waals surface area contributed by atoms with Crippen molar-refractivity contribution in [1.82, 2.24) is 0 Å². The smallest absolute Gasteiger partial charge is 0.145 e. The summed E-state index contributed by atoms with van der Waals surface area (Å²) in [5, 5.41) is 15.0. The van der Waals surface area contributed by atoms with Crippen LogP contribution >= 0.6 is 11.6 Å². The Morgan fingerprint density at radius 3 is 2.63 bits per heavy atom. The van der Waals surface area contributed by atoms with Crippen LogP contribution in [-0.2, 0) is 0 Å². The standard InChI is InChI=1S/C12H18ClN3O3/c1-18-10-7-11(19-2)9(6-8(10)13)15-5-3-4-12(14)16-17/h6-7,15,17H,3-5H2,1-2H3,(H2,14,16). The van der Waals surface area contributed by atoms with Crippen LogP contribution in [0.5, 0.6) is 11.5 Å². The number of hydrogen-bond donors (Lipinski definition) is 3. The molecule has 6 nitrogen and oxygen atoms in total. The molecule has 0 amide bonds. The molecule has 0 saturated carbocycles. The Bertz CT molecular complexity index is 452. The van der Waals surface area contributed by atoms with E-state index in [0.29, 0.717) is 29.5 Å². The van der Waals surface area contributed by atoms with Gasteiger partial charge in [0.15, 0.2) is 0 Å². The van der Waals surface area contributed by atoms with Gasteiger partial charge in [-0.3, -0.25) is 0 Å². The lowest BCUT2D eigenvalue weighted by atomic mass is 10.2. The van der Waals surface area contributed by atoms with Crippen LogP contribution in [-0.4, -0.2) is 31.8 Å². The number of oxime groups is 1. The number of amidine groups is 1. The molecule has 1 aromatic rings. The van der Waals surface area contributed by atoms with E-state index in [1.54, 1.807) is 26.4 Å². The van der Waals surface area contributed by atoms with Gasteiger partial charge in [0.1, 0.15) is 17.3 Å². The molecule has 0 aliphatic rings. The lowest BCUT2D eigenvalue weighted by molar-refractivity contribution is 0.316. The minimum absolute atomic E-state index is 0.210. The lowest BCUT2D eigenvalue weighted by Crippen LogP contribution is -2.13. The molecule has 1 aromatic carbocycles. The molecule has 106 valence electrons. The first-order chi connectivity index (χ1) is 9.12. The van der Waals surface area contributed by atoms with Crippen molar-refractivity contribution in [2.45, 2.75) is 12.8 Å². The zero-order valence-corrected chi connectivity index (χ0v) is 11.7. The second-order valence-corrected chi connectivity index (χ2v) is 4.22. The van der Waals surface area contributed by atoms with Crippen LogP contribution in [0, 0.1) is 0 Å². The number of nitrogens with two attached hydrogens (primary N) is 1. The molecule has 0 aliphatic heterocycles. The van der Waals surface area contributed by atoms with Crippen molar-refractivity contribution < 1.29 is 14.7 Å². The highest BCUT2D eigenvalue weighted by atomic mass is 35.5. The third-order valence-corrected chi connectivity index (χ3v) is 2.82. The summed E-state index contributed by atoms with van der Waals surface area (Å²) in [6.45, 7) is 0.648. The summed E-state index contributed by atoms with van der Waals surface area (Å²) in [7, 11) is 3.12. The maximum Gasteiger partial charge on any atom is 0.145 e. The van der Waals surface area contributed by atoms with Gasteiger partial charge in [0.2, 0.25) is 0 Å². The molecule has 0 bridgehead atoms. The average molecular weight is 288 g/mol. The second kappa shape index (κ2) is 7.58. The van der Waals surface area contributed by atoms with E-state index >= 15 is 0 Å². The molecule has 0 atom stereocenters. The first kappa shape index (κ1) is 15.2. The van der Waals surface area contributed by atoms with Crippen LogP contribution in [0.15, 0.2) is 17.3 Å². The first-order valence-corrected chi connectivity index (χ1v) is 6.12. The van der Waals surface area contributed by atoms with Crippen LogP contribution < -0.4 is 20.5 Å². The van der Waals surface area contributed by atoms with Crippen LogP contribution in [0.2, 0.25) is 5.02 Å². The molecular weight excluding hydrogens is 270 g/mol. The number of nitrogens with one attached hydrogen (secondary N) is 1. The molecule has 0 heterocycles. The Morgan fingerprint density at radius 1 is 1.37 bits per heavy atom. The van der Waals surface area contributed by atoms with E-state index in [9.17, 15) is 0 Å². The zero-order chi connectivity index (χ0) is 14.3. The van der Waals surface area contributed by atoms with E-state index < -0.39 is 0 Å². The monoisotopic (exact) mass is 287 g/mol. The van der Waals surface area contributed by atoms with Gasteiger partial charge in [-0.05, 0) is 12.5 Å². The highest BCUT2D eigenvalue weighted by Gasteiger charge is 2.09. The van der Waals surface area contributed by atoms with Crippen LogP contribution in [0.4, 0.5) is 5.69 Å². The maximum atomic E-state index is 8.42. The maximum absolute atomic E-state index is 8.42. The van der Waals surface area contributed by atoms with Crippen molar-refractivity contribution in [2.24, 2.45) is 10.9 Å². The normalized spacial score (nSPS) is 11.2. The number of anilines is 1. The van der Waals surface area contributed by atoms with Gasteiger partial charge in [0.05, 0.1) is 24.9 Å². The summed E-state index contributed by atoms with van der Waals surface area (Å²) in [5.74, 6) is 1.41. The summed E-state index contributed by atoms with van der Waals surface area (Å²) in [6, 6.07) is 3.46. The Balaban J connectivity index is 2.65. The molecule has 4 N–H and O–H groups in total. The molecular formula is C12H18ClN3O3. The van der Waals surface area contributed by atoms with Crippen LogP contribution in [0.25, 0.3) is 0 Å². The fourth-order valence-electron chi connectivity index (χ4n) is 1.54. The molecule has 0 radical (unpaired) electrons. The van der Waals surface area contributed by atoms with Crippen molar-refractivity contribution in [1.29, 1.82) is 0 Å². The predicted molar refractivity (Wildman–Crippen MR) is 75.7 cm³/mol. The quantitative estimate of drug-likeness (QED) is 0.235. The number of halogens is 1. The van der Waals surface area contributed by atoms with Crippen molar-refractivity contribution in [3.63, 3.8) is 0 Å². The lowest BCUT2D eigenvalue weighted by Gasteiger charge is -2.13. The van der Waals surface area contributed by atoms with Crippen LogP contribution in [0.1, 0.15) is 12.8 Å². The van der Waals surface area contributed by atoms with E-state index in [-0.39, 0.29) is 5.84 Å². The van der Waals surface area contributed by atoms with Gasteiger partial charge in [0, 0.05) is 19.0 Å². The number of hydrogen-bond acceptors (Lipinski definition) is 5. The second-order valence-electron chi connectivity index (χ2n) is 3.81. The van der Waals surface area contributed by atoms with Gasteiger partial charge in [0.25, 0.3) is 0 Å². The van der Waals surface area contributed by atoms with E-state index in [4.69, 9.17) is 32.0 Å². The SMILES string of the molecule is COc1cc(OC)c(NCCCC(N)=NO)cc1Cl. The van der Waals surface area contributed by atoms with Crippen molar-refractivity contribution in [3.05, 3.63) is 17.2 Å². The van der Waals surface area contributed by atoms with Gasteiger partial charge in [-0.15, -0.1) is 0 Å². The predicted octanol–water partition coefficient (Wildman–Crippen LogP) is 2.30. The molecule has 1 rings (SSSR count). The number of nitrogens with zero attached hydrogens (tertiary/aromatic N) is 1. The molecule has 19 heavy (non-hydrogen) atoms. The van der Waals surface area contributed by atoms with Crippen LogP contribution in [0.3, 0.4) is 0 Å². The summed E-state index contributed by atoms with van der Waals surface area (Å²) in [5.41, 5.74) is 6.15. The van der Waals surface area contributed by atoms with Crippen molar-refractivity contribution in [3.8, 4) is 11.5 Å². The Morgan fingerprint density at radius 2 is 2.05 bits per heavy atom. The fraction of sp³-hybridized carbons (Fsp3) is 0.417. The van der Waals surface area contributed by atoms with E-state index in [0.717, 1.165) is 12.1 Å². The minimum atomic E-state index is 0.210. The van der Waals surface area contributed by atoms with Gasteiger partial charge in [-0.25, -0.2) is 0 Å². The summed E-state index contributed by atoms with van der Waals surface area (Å²) < 4.78 is 10.4. The Hall–Kier alpha value is -1.82. The summed E-state index contributed by atoms with van der Waals surface area (Å²) in [4.78, 5) is 0. The molecule has 0 saturated heterocycles. The molecule has 0 spiro atoms. The van der Waals surface area contributed by atoms with Crippen molar-refractivity contribution in [2.75, 3.05) is 26.1 Å². The molecule has 7 heteroatoms. The van der Waals surface area contributed by atoms with Gasteiger partial charge >= 0.3 is 0 Å². The highest BCUT2D eigenvalue weighted by molar-refractivity contribution is 6.32. The molecule has 0 unspecified atom stereocenters. The topological polar surface area (TPSA) is 89.1 Å². The first-order valence-electron chi connectivity index (χ1n) is 5.74. The van der Waals surface area contributed by atoms with Gasteiger partial charge in [-0.1, -0.05) is 16.8 Å². The van der Waals surface area contributed by atoms with Gasteiger partial charge < -0.3 is 25.7 Å². The van der Waals surface area contributed by atoms with Gasteiger partial charge in [-0.2, -0.15) is 0 Å². The number of ether oxygens (including phenoxy) is 2. The summed E-state index contributed by atoms with van der Waals surface area (Å²) in [6.07, 6.45) is 1.23. The Kier molecular flexibility index (Phi) is 6.08. The fourth-order valence-corrected chi connectivity index (χ4v) is 1.78. The largest absolute Gasteiger partial charge is 0.495 e. The molecule has 0 aromatic heterocycles. The molecule has 0 fully saturated rings. The van der Waals surface area contributed by atoms with E-state index in [2.05, 4.69) is 10.5 Å². The average Bonchev–Trinajstić information content (AvgIpc) is 2.43. The third-order valence-electron chi connectivity index (χ3n) is 2.53. The zero-order valence-electron chi connectivity index (χ0n) is 10.9. The highest BCUT2D eigenvalue weighted by Crippen LogP contribution is 2.35. The van der Waals surface area contributed by atoms with E-state index in [1.165, 1.54) is 0 Å². The molecule has 0 aliphatic carbocycles. The third kappa shape index (κ3) is 4.40. The minimum Gasteiger partial charge on any atom is -0.495 e. The number of benzene rings is 1.